The Morgan fingerprint density at radius 2 is 1.86 bits per heavy atom. The van der Waals surface area contributed by atoms with Gasteiger partial charge in [-0.25, -0.2) is 18.0 Å². The standard InChI is InChI=1S/C17H19NO9S2/c1-24-5-6-27-13-9-11(10(16(19)20)8-12(13)25-2)18-29(22,23)14-4-7-28-15(14)17(21)26-3/h4,7-9,18H,5-6H2,1-3H3,(H,19,20). The minimum absolute atomic E-state index is 0.104. The van der Waals surface area contributed by atoms with E-state index in [4.69, 9.17) is 14.2 Å². The van der Waals surface area contributed by atoms with Crippen LogP contribution in [0.1, 0.15) is 20.0 Å². The Kier molecular flexibility index (Phi) is 7.42. The summed E-state index contributed by atoms with van der Waals surface area (Å²) >= 11 is 0.884. The highest BCUT2D eigenvalue weighted by Gasteiger charge is 2.27. The topological polar surface area (TPSA) is 137 Å². The Balaban J connectivity index is 2.49. The zero-order valence-electron chi connectivity index (χ0n) is 15.8. The first kappa shape index (κ1) is 22.5. The summed E-state index contributed by atoms with van der Waals surface area (Å²) < 4.78 is 47.9. The lowest BCUT2D eigenvalue weighted by atomic mass is 10.1. The van der Waals surface area contributed by atoms with Crippen molar-refractivity contribution in [2.24, 2.45) is 0 Å². The molecule has 0 fully saturated rings. The molecule has 2 rings (SSSR count). The van der Waals surface area contributed by atoms with Crippen molar-refractivity contribution in [3.8, 4) is 11.5 Å². The first-order valence-corrected chi connectivity index (χ1v) is 10.4. The van der Waals surface area contributed by atoms with Crippen molar-refractivity contribution in [1.29, 1.82) is 0 Å². The van der Waals surface area contributed by atoms with Crippen molar-refractivity contribution in [3.05, 3.63) is 34.0 Å². The number of hydrogen-bond donors (Lipinski definition) is 2. The number of benzene rings is 1. The molecule has 10 nitrogen and oxygen atoms in total. The molecule has 0 amide bonds. The number of aromatic carboxylic acids is 1. The van der Waals surface area contributed by atoms with E-state index in [9.17, 15) is 23.1 Å². The molecule has 0 aliphatic rings. The zero-order chi connectivity index (χ0) is 21.6. The number of nitrogens with one attached hydrogen (secondary N) is 1. The van der Waals surface area contributed by atoms with Crippen molar-refractivity contribution in [2.75, 3.05) is 39.3 Å². The van der Waals surface area contributed by atoms with Crippen molar-refractivity contribution in [2.45, 2.75) is 4.90 Å². The molecule has 0 aliphatic carbocycles. The number of sulfonamides is 1. The molecule has 0 radical (unpaired) electrons. The number of hydrogen-bond acceptors (Lipinski definition) is 9. The Morgan fingerprint density at radius 3 is 2.45 bits per heavy atom. The van der Waals surface area contributed by atoms with Crippen molar-refractivity contribution in [1.82, 2.24) is 0 Å². The van der Waals surface area contributed by atoms with Crippen LogP contribution in [0.4, 0.5) is 5.69 Å². The van der Waals surface area contributed by atoms with Gasteiger partial charge in [-0.1, -0.05) is 0 Å². The van der Waals surface area contributed by atoms with E-state index in [-0.39, 0.29) is 45.7 Å². The van der Waals surface area contributed by atoms with Crippen LogP contribution in [0.3, 0.4) is 0 Å². The van der Waals surface area contributed by atoms with Gasteiger partial charge in [0.05, 0.1) is 32.1 Å². The number of carboxylic acids is 1. The molecule has 1 aromatic heterocycles. The number of carbonyl (C=O) groups excluding carboxylic acids is 1. The van der Waals surface area contributed by atoms with Gasteiger partial charge in [0.25, 0.3) is 10.0 Å². The quantitative estimate of drug-likeness (QED) is 0.416. The van der Waals surface area contributed by atoms with Gasteiger partial charge in [-0.3, -0.25) is 4.72 Å². The lowest BCUT2D eigenvalue weighted by Gasteiger charge is -2.16. The fraction of sp³-hybridized carbons (Fsp3) is 0.294. The van der Waals surface area contributed by atoms with Gasteiger partial charge in [-0.2, -0.15) is 0 Å². The maximum atomic E-state index is 12.8. The highest BCUT2D eigenvalue weighted by atomic mass is 32.2. The SMILES string of the molecule is COCCOc1cc(NS(=O)(=O)c2ccsc2C(=O)OC)c(C(=O)O)cc1OC. The number of rotatable bonds is 10. The molecular formula is C17H19NO9S2. The van der Waals surface area contributed by atoms with Crippen LogP contribution in [0.25, 0.3) is 0 Å². The van der Waals surface area contributed by atoms with Crippen molar-refractivity contribution < 1.29 is 42.1 Å². The minimum Gasteiger partial charge on any atom is -0.493 e. The maximum absolute atomic E-state index is 12.8. The van der Waals surface area contributed by atoms with E-state index >= 15 is 0 Å². The first-order chi connectivity index (χ1) is 13.7. The summed E-state index contributed by atoms with van der Waals surface area (Å²) in [6, 6.07) is 3.55. The smallest absolute Gasteiger partial charge is 0.349 e. The van der Waals surface area contributed by atoms with E-state index in [2.05, 4.69) is 9.46 Å². The van der Waals surface area contributed by atoms with Gasteiger partial charge in [0.15, 0.2) is 11.5 Å². The van der Waals surface area contributed by atoms with E-state index < -0.39 is 22.0 Å². The fourth-order valence-electron chi connectivity index (χ4n) is 2.28. The number of carboxylic acid groups (broad SMARTS) is 1. The van der Waals surface area contributed by atoms with Crippen LogP contribution in [0.2, 0.25) is 0 Å². The molecule has 1 heterocycles. The molecule has 2 aromatic rings. The van der Waals surface area contributed by atoms with Crippen LogP contribution >= 0.6 is 11.3 Å². The molecule has 0 unspecified atom stereocenters. The maximum Gasteiger partial charge on any atom is 0.349 e. The van der Waals surface area contributed by atoms with E-state index in [0.29, 0.717) is 0 Å². The van der Waals surface area contributed by atoms with Gasteiger partial charge >= 0.3 is 11.9 Å². The Bertz CT molecular complexity index is 998. The van der Waals surface area contributed by atoms with Gasteiger partial charge in [-0.15, -0.1) is 11.3 Å². The van der Waals surface area contributed by atoms with Gasteiger partial charge in [-0.05, 0) is 11.4 Å². The molecule has 158 valence electrons. The van der Waals surface area contributed by atoms with Crippen LogP contribution in [-0.4, -0.2) is 60.0 Å². The van der Waals surface area contributed by atoms with E-state index in [1.165, 1.54) is 31.7 Å². The summed E-state index contributed by atoms with van der Waals surface area (Å²) in [6.07, 6.45) is 0. The van der Waals surface area contributed by atoms with Crippen LogP contribution in [0.5, 0.6) is 11.5 Å². The van der Waals surface area contributed by atoms with Gasteiger partial charge < -0.3 is 24.1 Å². The average molecular weight is 445 g/mol. The summed E-state index contributed by atoms with van der Waals surface area (Å²) in [5.74, 6) is -1.99. The minimum atomic E-state index is -4.30. The lowest BCUT2D eigenvalue weighted by molar-refractivity contribution is 0.0601. The van der Waals surface area contributed by atoms with Crippen LogP contribution in [0, 0.1) is 0 Å². The molecule has 2 N–H and O–H groups in total. The molecule has 0 saturated heterocycles. The van der Waals surface area contributed by atoms with Gasteiger partial charge in [0.1, 0.15) is 16.4 Å². The molecule has 29 heavy (non-hydrogen) atoms. The number of ether oxygens (including phenoxy) is 4. The summed E-state index contributed by atoms with van der Waals surface area (Å²) in [5, 5.41) is 10.9. The molecule has 0 saturated carbocycles. The van der Waals surface area contributed by atoms with E-state index in [1.807, 2.05) is 0 Å². The normalized spacial score (nSPS) is 11.0. The molecule has 12 heteroatoms. The van der Waals surface area contributed by atoms with Crippen LogP contribution in [-0.2, 0) is 19.5 Å². The van der Waals surface area contributed by atoms with Crippen molar-refractivity contribution in [3.63, 3.8) is 0 Å². The second-order valence-electron chi connectivity index (χ2n) is 5.41. The summed E-state index contributed by atoms with van der Waals surface area (Å²) in [6.45, 7) is 0.380. The number of methoxy groups -OCH3 is 3. The largest absolute Gasteiger partial charge is 0.493 e. The lowest BCUT2D eigenvalue weighted by Crippen LogP contribution is -2.18. The fourth-order valence-corrected chi connectivity index (χ4v) is 4.69. The van der Waals surface area contributed by atoms with E-state index in [1.54, 1.807) is 0 Å². The molecular weight excluding hydrogens is 426 g/mol. The first-order valence-electron chi connectivity index (χ1n) is 8.00. The highest BCUT2D eigenvalue weighted by Crippen LogP contribution is 2.35. The summed E-state index contributed by atoms with van der Waals surface area (Å²) in [5.41, 5.74) is -0.618. The van der Waals surface area contributed by atoms with Crippen LogP contribution in [0.15, 0.2) is 28.5 Å². The third-order valence-corrected chi connectivity index (χ3v) is 6.04. The predicted molar refractivity (Wildman–Crippen MR) is 104 cm³/mol. The Hall–Kier alpha value is -2.83. The third-order valence-electron chi connectivity index (χ3n) is 3.61. The van der Waals surface area contributed by atoms with E-state index in [0.717, 1.165) is 24.5 Å². The van der Waals surface area contributed by atoms with Gasteiger partial charge in [0, 0.05) is 19.2 Å². The number of carbonyl (C=O) groups is 2. The number of esters is 1. The summed E-state index contributed by atoms with van der Waals surface area (Å²) in [4.78, 5) is 23.0. The molecule has 0 aliphatic heterocycles. The Morgan fingerprint density at radius 1 is 1.14 bits per heavy atom. The molecule has 0 bridgehead atoms. The monoisotopic (exact) mass is 445 g/mol. The summed E-state index contributed by atoms with van der Waals surface area (Å²) in [7, 11) is -0.371. The Labute approximate surface area is 171 Å². The highest BCUT2D eigenvalue weighted by molar-refractivity contribution is 7.93. The average Bonchev–Trinajstić information content (AvgIpc) is 3.18. The van der Waals surface area contributed by atoms with Gasteiger partial charge in [0.2, 0.25) is 0 Å². The molecule has 0 atom stereocenters. The predicted octanol–water partition coefficient (Wildman–Crippen LogP) is 2.07. The van der Waals surface area contributed by atoms with Crippen molar-refractivity contribution >= 4 is 39.0 Å². The second kappa shape index (κ2) is 9.58. The second-order valence-corrected chi connectivity index (χ2v) is 7.97. The zero-order valence-corrected chi connectivity index (χ0v) is 17.4. The number of thiophene rings is 1. The number of anilines is 1. The van der Waals surface area contributed by atoms with Crippen LogP contribution < -0.4 is 14.2 Å². The molecule has 0 spiro atoms. The third kappa shape index (κ3) is 5.16. The molecule has 1 aromatic carbocycles.